The molecule has 1 unspecified atom stereocenters. The molecule has 1 aromatic heterocycles. The molecule has 1 saturated carbocycles. The molecule has 1 atom stereocenters. The van der Waals surface area contributed by atoms with E-state index >= 15 is 0 Å². The van der Waals surface area contributed by atoms with Crippen LogP contribution in [0, 0.1) is 16.7 Å². The molecular formula is C28H29N5O3. The fourth-order valence-electron chi connectivity index (χ4n) is 4.04. The van der Waals surface area contributed by atoms with E-state index in [-0.39, 0.29) is 18.6 Å². The quantitative estimate of drug-likeness (QED) is 0.385. The van der Waals surface area contributed by atoms with E-state index in [0.29, 0.717) is 45.9 Å². The van der Waals surface area contributed by atoms with Gasteiger partial charge in [-0.25, -0.2) is 0 Å². The second-order valence-corrected chi connectivity index (χ2v) is 8.86. The fourth-order valence-corrected chi connectivity index (χ4v) is 4.04. The molecule has 8 heteroatoms. The Morgan fingerprint density at radius 2 is 2.14 bits per heavy atom. The Labute approximate surface area is 210 Å². The number of aliphatic hydroxyl groups is 1. The van der Waals surface area contributed by atoms with Crippen LogP contribution in [0.3, 0.4) is 0 Å². The average molecular weight is 484 g/mol. The van der Waals surface area contributed by atoms with Crippen molar-refractivity contribution in [2.24, 2.45) is 0 Å². The molecule has 4 N–H and O–H groups in total. The summed E-state index contributed by atoms with van der Waals surface area (Å²) in [6.45, 7) is 4.09. The zero-order chi connectivity index (χ0) is 25.8. The lowest BCUT2D eigenvalue weighted by Gasteiger charge is -2.23. The Hall–Kier alpha value is -4.22. The molecular weight excluding hydrogens is 454 g/mol. The van der Waals surface area contributed by atoms with E-state index in [1.165, 1.54) is 0 Å². The van der Waals surface area contributed by atoms with Crippen molar-refractivity contribution >= 4 is 17.8 Å². The molecule has 4 rings (SSSR count). The molecule has 1 aliphatic rings. The second-order valence-electron chi connectivity index (χ2n) is 8.86. The summed E-state index contributed by atoms with van der Waals surface area (Å²) in [5, 5.41) is 26.9. The van der Waals surface area contributed by atoms with Crippen LogP contribution < -0.4 is 10.5 Å². The Bertz CT molecular complexity index is 1340. The Kier molecular flexibility index (Phi) is 7.32. The van der Waals surface area contributed by atoms with Gasteiger partial charge in [-0.05, 0) is 62.6 Å². The first-order valence-electron chi connectivity index (χ1n) is 11.9. The van der Waals surface area contributed by atoms with Gasteiger partial charge in [-0.15, -0.1) is 0 Å². The standard InChI is InChI=1S/C28H29N5O3/c1-3-33(16-21-15-32-27(17(2)34)24(14-30)26(21)31)28(35)20-7-10-23(25(12-20)36-22-8-9-22)19-6-4-5-18(11-19)13-29/h4-7,10-12,14-15,17,22,30,34H,3,8-9,16H2,1-2H3,(H2,31,32). The number of nitrogens with zero attached hydrogens (tertiary/aromatic N) is 3. The number of anilines is 1. The average Bonchev–Trinajstić information content (AvgIpc) is 3.71. The molecule has 1 aliphatic carbocycles. The number of pyridine rings is 1. The van der Waals surface area contributed by atoms with Crippen molar-refractivity contribution in [1.29, 1.82) is 10.7 Å². The summed E-state index contributed by atoms with van der Waals surface area (Å²) in [4.78, 5) is 19.4. The number of aromatic nitrogens is 1. The molecule has 3 aromatic rings. The molecule has 0 aliphatic heterocycles. The maximum atomic E-state index is 13.5. The first-order valence-corrected chi connectivity index (χ1v) is 11.9. The molecule has 36 heavy (non-hydrogen) atoms. The van der Waals surface area contributed by atoms with Crippen LogP contribution in [0.1, 0.15) is 65.5 Å². The van der Waals surface area contributed by atoms with Crippen LogP contribution in [-0.4, -0.2) is 39.8 Å². The third kappa shape index (κ3) is 5.21. The summed E-state index contributed by atoms with van der Waals surface area (Å²) in [6.07, 6.45) is 3.84. The summed E-state index contributed by atoms with van der Waals surface area (Å²) >= 11 is 0. The normalized spacial score (nSPS) is 13.5. The van der Waals surface area contributed by atoms with Crippen LogP contribution in [-0.2, 0) is 6.54 Å². The summed E-state index contributed by atoms with van der Waals surface area (Å²) in [6, 6.07) is 14.9. The number of nitriles is 1. The van der Waals surface area contributed by atoms with Gasteiger partial charge in [0.25, 0.3) is 5.91 Å². The van der Waals surface area contributed by atoms with E-state index in [1.54, 1.807) is 36.2 Å². The Morgan fingerprint density at radius 3 is 2.78 bits per heavy atom. The summed E-state index contributed by atoms with van der Waals surface area (Å²) in [5.41, 5.74) is 10.6. The van der Waals surface area contributed by atoms with Gasteiger partial charge in [0.15, 0.2) is 0 Å². The van der Waals surface area contributed by atoms with Crippen molar-refractivity contribution < 1.29 is 14.6 Å². The minimum absolute atomic E-state index is 0.133. The highest BCUT2D eigenvalue weighted by atomic mass is 16.5. The van der Waals surface area contributed by atoms with Crippen molar-refractivity contribution in [2.75, 3.05) is 12.3 Å². The molecule has 1 heterocycles. The largest absolute Gasteiger partial charge is 0.490 e. The fraction of sp³-hybridized carbons (Fsp3) is 0.286. The highest BCUT2D eigenvalue weighted by molar-refractivity contribution is 5.96. The van der Waals surface area contributed by atoms with Crippen molar-refractivity contribution in [3.05, 3.63) is 76.6 Å². The molecule has 0 radical (unpaired) electrons. The molecule has 2 aromatic carbocycles. The van der Waals surface area contributed by atoms with Crippen LogP contribution in [0.5, 0.6) is 5.75 Å². The van der Waals surface area contributed by atoms with Gasteiger partial charge in [-0.1, -0.05) is 12.1 Å². The summed E-state index contributed by atoms with van der Waals surface area (Å²) in [7, 11) is 0. The second kappa shape index (κ2) is 10.6. The van der Waals surface area contributed by atoms with Crippen LogP contribution in [0.25, 0.3) is 11.1 Å². The van der Waals surface area contributed by atoms with Crippen molar-refractivity contribution in [3.63, 3.8) is 0 Å². The smallest absolute Gasteiger partial charge is 0.254 e. The number of amides is 1. The van der Waals surface area contributed by atoms with E-state index in [2.05, 4.69) is 11.1 Å². The third-order valence-corrected chi connectivity index (χ3v) is 6.19. The molecule has 1 amide bonds. The van der Waals surface area contributed by atoms with Gasteiger partial charge in [0.2, 0.25) is 0 Å². The lowest BCUT2D eigenvalue weighted by molar-refractivity contribution is 0.0752. The third-order valence-electron chi connectivity index (χ3n) is 6.19. The van der Waals surface area contributed by atoms with Gasteiger partial charge in [0.05, 0.1) is 29.5 Å². The number of benzene rings is 2. The number of aliphatic hydroxyl groups excluding tert-OH is 1. The summed E-state index contributed by atoms with van der Waals surface area (Å²) in [5.74, 6) is 0.425. The van der Waals surface area contributed by atoms with Crippen molar-refractivity contribution in [3.8, 4) is 22.9 Å². The highest BCUT2D eigenvalue weighted by Crippen LogP contribution is 2.36. The van der Waals surface area contributed by atoms with Crippen LogP contribution in [0.2, 0.25) is 0 Å². The number of hydrogen-bond donors (Lipinski definition) is 3. The van der Waals surface area contributed by atoms with Crippen LogP contribution in [0.15, 0.2) is 48.7 Å². The zero-order valence-corrected chi connectivity index (χ0v) is 20.4. The zero-order valence-electron chi connectivity index (χ0n) is 20.4. The van der Waals surface area contributed by atoms with E-state index in [0.717, 1.165) is 30.2 Å². The van der Waals surface area contributed by atoms with Gasteiger partial charge < -0.3 is 25.9 Å². The maximum Gasteiger partial charge on any atom is 0.254 e. The number of nitrogens with one attached hydrogen (secondary N) is 1. The van der Waals surface area contributed by atoms with Gasteiger partial charge in [0, 0.05) is 53.4 Å². The van der Waals surface area contributed by atoms with Crippen LogP contribution in [0.4, 0.5) is 5.69 Å². The van der Waals surface area contributed by atoms with E-state index in [4.69, 9.17) is 15.9 Å². The minimum Gasteiger partial charge on any atom is -0.490 e. The Balaban J connectivity index is 1.65. The van der Waals surface area contributed by atoms with Crippen molar-refractivity contribution in [2.45, 2.75) is 45.4 Å². The lowest BCUT2D eigenvalue weighted by Crippen LogP contribution is -2.31. The van der Waals surface area contributed by atoms with E-state index < -0.39 is 6.10 Å². The minimum atomic E-state index is -0.862. The topological polar surface area (TPSA) is 136 Å². The lowest BCUT2D eigenvalue weighted by atomic mass is 10.00. The summed E-state index contributed by atoms with van der Waals surface area (Å²) < 4.78 is 6.16. The molecule has 184 valence electrons. The molecule has 0 spiro atoms. The van der Waals surface area contributed by atoms with Gasteiger partial charge >= 0.3 is 0 Å². The van der Waals surface area contributed by atoms with Crippen LogP contribution >= 0.6 is 0 Å². The monoisotopic (exact) mass is 483 g/mol. The molecule has 0 saturated heterocycles. The predicted molar refractivity (Wildman–Crippen MR) is 138 cm³/mol. The number of carbonyl (C=O) groups is 1. The Morgan fingerprint density at radius 1 is 1.36 bits per heavy atom. The SMILES string of the molecule is CCN(Cc1cnc(C(C)O)c(C=N)c1N)C(=O)c1ccc(-c2cccc(C#N)c2)c(OC2CC2)c1. The highest BCUT2D eigenvalue weighted by Gasteiger charge is 2.26. The number of ether oxygens (including phenoxy) is 1. The van der Waals surface area contributed by atoms with E-state index in [1.807, 2.05) is 31.2 Å². The number of rotatable bonds is 9. The molecule has 8 nitrogen and oxygen atoms in total. The van der Waals surface area contributed by atoms with Crippen molar-refractivity contribution in [1.82, 2.24) is 9.88 Å². The number of carbonyl (C=O) groups excluding carboxylic acids is 1. The molecule has 0 bridgehead atoms. The predicted octanol–water partition coefficient (Wildman–Crippen LogP) is 4.46. The van der Waals surface area contributed by atoms with E-state index in [9.17, 15) is 15.2 Å². The van der Waals surface area contributed by atoms with Gasteiger partial charge in [-0.2, -0.15) is 5.26 Å². The van der Waals surface area contributed by atoms with Gasteiger partial charge in [-0.3, -0.25) is 9.78 Å². The first kappa shape index (κ1) is 24.9. The molecule has 1 fully saturated rings. The number of nitrogen functional groups attached to an aromatic ring is 1. The first-order chi connectivity index (χ1) is 17.4. The maximum absolute atomic E-state index is 13.5. The number of nitrogens with two attached hydrogens (primary N) is 1. The van der Waals surface area contributed by atoms with Gasteiger partial charge in [0.1, 0.15) is 5.75 Å². The number of hydrogen-bond acceptors (Lipinski definition) is 7.